The zero-order valence-electron chi connectivity index (χ0n) is 9.27. The van der Waals surface area contributed by atoms with Gasteiger partial charge in [0.25, 0.3) is 5.91 Å². The van der Waals surface area contributed by atoms with Crippen LogP contribution in [0.2, 0.25) is 0 Å². The molecule has 0 aromatic carbocycles. The molecule has 0 aliphatic heterocycles. The van der Waals surface area contributed by atoms with Gasteiger partial charge in [-0.3, -0.25) is 4.79 Å². The van der Waals surface area contributed by atoms with E-state index in [1.54, 1.807) is 0 Å². The number of hydrogen-bond acceptors (Lipinski definition) is 4. The highest BCUT2D eigenvalue weighted by Crippen LogP contribution is 2.27. The van der Waals surface area contributed by atoms with E-state index in [1.165, 1.54) is 19.3 Å². The molecule has 1 aromatic rings. The van der Waals surface area contributed by atoms with Gasteiger partial charge in [0, 0.05) is 7.05 Å². The van der Waals surface area contributed by atoms with E-state index in [0.717, 1.165) is 12.8 Å². The number of pyridine rings is 1. The van der Waals surface area contributed by atoms with Gasteiger partial charge in [0.1, 0.15) is 11.4 Å². The highest BCUT2D eigenvalue weighted by Gasteiger charge is 2.25. The van der Waals surface area contributed by atoms with Crippen molar-refractivity contribution in [1.82, 2.24) is 10.3 Å². The molecule has 1 heterocycles. The maximum absolute atomic E-state index is 11.4. The summed E-state index contributed by atoms with van der Waals surface area (Å²) in [5, 5.41) is 11.4. The van der Waals surface area contributed by atoms with Crippen LogP contribution < -0.4 is 10.1 Å². The first-order valence-corrected chi connectivity index (χ1v) is 5.24. The molecule has 1 amide bonds. The van der Waals surface area contributed by atoms with E-state index < -0.39 is 11.9 Å². The Morgan fingerprint density at radius 3 is 2.76 bits per heavy atom. The standard InChI is InChI=1S/C11H12N2O4/c1-12-10(14)9-8(11(15)16)4-7(5-13-9)17-6-2-3-6/h4-6H,2-3H2,1H3,(H,12,14)(H,15,16). The molecule has 6 nitrogen and oxygen atoms in total. The maximum Gasteiger partial charge on any atom is 0.338 e. The Balaban J connectivity index is 2.32. The van der Waals surface area contributed by atoms with Crippen LogP contribution in [0.25, 0.3) is 0 Å². The van der Waals surface area contributed by atoms with Gasteiger partial charge in [-0.05, 0) is 18.9 Å². The van der Waals surface area contributed by atoms with Crippen LogP contribution in [0.15, 0.2) is 12.3 Å². The Kier molecular flexibility index (Phi) is 2.95. The van der Waals surface area contributed by atoms with Gasteiger partial charge in [0.15, 0.2) is 0 Å². The maximum atomic E-state index is 11.4. The highest BCUT2D eigenvalue weighted by atomic mass is 16.5. The minimum Gasteiger partial charge on any atom is -0.489 e. The number of carboxylic acid groups (broad SMARTS) is 1. The smallest absolute Gasteiger partial charge is 0.338 e. The fourth-order valence-corrected chi connectivity index (χ4v) is 1.35. The lowest BCUT2D eigenvalue weighted by Gasteiger charge is -2.07. The van der Waals surface area contributed by atoms with E-state index in [0.29, 0.717) is 5.75 Å². The van der Waals surface area contributed by atoms with Crippen LogP contribution in [-0.4, -0.2) is 35.1 Å². The summed E-state index contributed by atoms with van der Waals surface area (Å²) in [7, 11) is 1.42. The number of hydrogen-bond donors (Lipinski definition) is 2. The number of aromatic nitrogens is 1. The van der Waals surface area contributed by atoms with Gasteiger partial charge < -0.3 is 15.2 Å². The monoisotopic (exact) mass is 236 g/mol. The minimum absolute atomic E-state index is 0.108. The summed E-state index contributed by atoms with van der Waals surface area (Å²) >= 11 is 0. The zero-order valence-corrected chi connectivity index (χ0v) is 9.27. The first-order valence-electron chi connectivity index (χ1n) is 5.24. The molecule has 0 unspecified atom stereocenters. The minimum atomic E-state index is -1.20. The highest BCUT2D eigenvalue weighted by molar-refractivity contribution is 6.03. The Hall–Kier alpha value is -2.11. The van der Waals surface area contributed by atoms with E-state index in [-0.39, 0.29) is 17.4 Å². The van der Waals surface area contributed by atoms with Crippen LogP contribution in [0.5, 0.6) is 5.75 Å². The molecule has 0 atom stereocenters. The lowest BCUT2D eigenvalue weighted by Crippen LogP contribution is -2.22. The van der Waals surface area contributed by atoms with Crippen LogP contribution in [0.3, 0.4) is 0 Å². The fourth-order valence-electron chi connectivity index (χ4n) is 1.35. The molecule has 2 rings (SSSR count). The van der Waals surface area contributed by atoms with Gasteiger partial charge in [-0.2, -0.15) is 0 Å². The number of carbonyl (C=O) groups is 2. The molecule has 1 aliphatic rings. The van der Waals surface area contributed by atoms with Gasteiger partial charge in [0.2, 0.25) is 0 Å². The third-order valence-corrected chi connectivity index (χ3v) is 2.36. The van der Waals surface area contributed by atoms with E-state index in [4.69, 9.17) is 9.84 Å². The van der Waals surface area contributed by atoms with Crippen LogP contribution >= 0.6 is 0 Å². The van der Waals surface area contributed by atoms with Gasteiger partial charge in [0.05, 0.1) is 17.9 Å². The third-order valence-electron chi connectivity index (χ3n) is 2.36. The van der Waals surface area contributed by atoms with Gasteiger partial charge >= 0.3 is 5.97 Å². The molecule has 6 heteroatoms. The first-order chi connectivity index (χ1) is 8.11. The summed E-state index contributed by atoms with van der Waals surface area (Å²) in [6.07, 6.45) is 3.47. The van der Waals surface area contributed by atoms with Crippen molar-refractivity contribution in [3.05, 3.63) is 23.5 Å². The molecule has 0 bridgehead atoms. The molecule has 1 fully saturated rings. The van der Waals surface area contributed by atoms with Crippen LogP contribution in [-0.2, 0) is 0 Å². The van der Waals surface area contributed by atoms with E-state index in [1.807, 2.05) is 0 Å². The molecular weight excluding hydrogens is 224 g/mol. The van der Waals surface area contributed by atoms with Crippen molar-refractivity contribution in [2.45, 2.75) is 18.9 Å². The van der Waals surface area contributed by atoms with Crippen LogP contribution in [0, 0.1) is 0 Å². The third kappa shape index (κ3) is 2.52. The van der Waals surface area contributed by atoms with E-state index >= 15 is 0 Å². The van der Waals surface area contributed by atoms with E-state index in [9.17, 15) is 9.59 Å². The second-order valence-electron chi connectivity index (χ2n) is 3.77. The fraction of sp³-hybridized carbons (Fsp3) is 0.364. The normalized spacial score (nSPS) is 14.2. The van der Waals surface area contributed by atoms with Crippen molar-refractivity contribution in [1.29, 1.82) is 0 Å². The lowest BCUT2D eigenvalue weighted by molar-refractivity contribution is 0.0689. The first kappa shape index (κ1) is 11.4. The summed E-state index contributed by atoms with van der Waals surface area (Å²) in [6, 6.07) is 1.33. The zero-order chi connectivity index (χ0) is 12.4. The molecule has 90 valence electrons. The molecule has 0 spiro atoms. The summed E-state index contributed by atoms with van der Waals surface area (Å²) in [5.41, 5.74) is -0.259. The number of nitrogens with one attached hydrogen (secondary N) is 1. The SMILES string of the molecule is CNC(=O)c1ncc(OC2CC2)cc1C(=O)O. The van der Waals surface area contributed by atoms with Crippen molar-refractivity contribution in [2.75, 3.05) is 7.05 Å². The molecule has 17 heavy (non-hydrogen) atoms. The Morgan fingerprint density at radius 2 is 2.24 bits per heavy atom. The van der Waals surface area contributed by atoms with Crippen molar-refractivity contribution in [3.63, 3.8) is 0 Å². The molecule has 0 saturated heterocycles. The number of nitrogens with zero attached hydrogens (tertiary/aromatic N) is 1. The quantitative estimate of drug-likeness (QED) is 0.802. The summed E-state index contributed by atoms with van der Waals surface area (Å²) in [4.78, 5) is 26.3. The molecule has 1 aliphatic carbocycles. The number of aromatic carboxylic acids is 1. The number of rotatable bonds is 4. The number of carbonyl (C=O) groups excluding carboxylic acids is 1. The summed E-state index contributed by atoms with van der Waals surface area (Å²) in [5.74, 6) is -1.34. The van der Waals surface area contributed by atoms with Crippen LogP contribution in [0.4, 0.5) is 0 Å². The second-order valence-corrected chi connectivity index (χ2v) is 3.77. The Labute approximate surface area is 97.6 Å². The van der Waals surface area contributed by atoms with Crippen molar-refractivity contribution >= 4 is 11.9 Å². The predicted octanol–water partition coefficient (Wildman–Crippen LogP) is 0.681. The Bertz CT molecular complexity index is 469. The van der Waals surface area contributed by atoms with E-state index in [2.05, 4.69) is 10.3 Å². The second kappa shape index (κ2) is 4.40. The largest absolute Gasteiger partial charge is 0.489 e. The number of carboxylic acids is 1. The topological polar surface area (TPSA) is 88.5 Å². The number of ether oxygens (including phenoxy) is 1. The summed E-state index contributed by atoms with van der Waals surface area (Å²) < 4.78 is 5.43. The molecule has 0 radical (unpaired) electrons. The van der Waals surface area contributed by atoms with Crippen LogP contribution in [0.1, 0.15) is 33.7 Å². The average Bonchev–Trinajstić information content (AvgIpc) is 3.12. The van der Waals surface area contributed by atoms with Crippen molar-refractivity contribution in [3.8, 4) is 5.75 Å². The molecule has 2 N–H and O–H groups in total. The average molecular weight is 236 g/mol. The van der Waals surface area contributed by atoms with Gasteiger partial charge in [-0.25, -0.2) is 9.78 Å². The summed E-state index contributed by atoms with van der Waals surface area (Å²) in [6.45, 7) is 0. The van der Waals surface area contributed by atoms with Gasteiger partial charge in [-0.15, -0.1) is 0 Å². The lowest BCUT2D eigenvalue weighted by atomic mass is 10.2. The molecule has 1 saturated carbocycles. The van der Waals surface area contributed by atoms with Crippen molar-refractivity contribution < 1.29 is 19.4 Å². The van der Waals surface area contributed by atoms with Gasteiger partial charge in [-0.1, -0.05) is 0 Å². The predicted molar refractivity (Wildman–Crippen MR) is 58.2 cm³/mol. The Morgan fingerprint density at radius 1 is 1.53 bits per heavy atom. The van der Waals surface area contributed by atoms with Crippen molar-refractivity contribution in [2.24, 2.45) is 0 Å². The molecule has 1 aromatic heterocycles. The molecular formula is C11H12N2O4. The number of amides is 1.